The largest absolute Gasteiger partial charge is 0.352 e. The van der Waals surface area contributed by atoms with Crippen LogP contribution in [-0.2, 0) is 11.3 Å². The van der Waals surface area contributed by atoms with E-state index in [0.717, 1.165) is 34.3 Å². The number of thiophene rings is 1. The summed E-state index contributed by atoms with van der Waals surface area (Å²) in [6, 6.07) is 24.6. The molecule has 0 aliphatic heterocycles. The van der Waals surface area contributed by atoms with Gasteiger partial charge >= 0.3 is 0 Å². The first-order valence-corrected chi connectivity index (χ1v) is 12.1. The molecule has 0 spiro atoms. The highest BCUT2D eigenvalue weighted by molar-refractivity contribution is 8.00. The fourth-order valence-corrected chi connectivity index (χ4v) is 5.15. The van der Waals surface area contributed by atoms with E-state index in [-0.39, 0.29) is 11.2 Å². The molecule has 0 bridgehead atoms. The van der Waals surface area contributed by atoms with Gasteiger partial charge in [-0.2, -0.15) is 0 Å². The van der Waals surface area contributed by atoms with Gasteiger partial charge in [0.05, 0.1) is 11.4 Å². The molecule has 1 N–H and O–H groups in total. The standard InChI is InChI=1S/C24H22N4OS2/c29-23(25-19-13-14-19)21(18-10-5-2-6-11-18)31-24-27-26-22(20-12-7-15-30-20)28(24)16-17-8-3-1-4-9-17/h1-12,15,19,21H,13-14,16H2,(H,25,29). The van der Waals surface area contributed by atoms with Crippen LogP contribution >= 0.6 is 23.1 Å². The molecule has 1 atom stereocenters. The van der Waals surface area contributed by atoms with Crippen molar-refractivity contribution < 1.29 is 4.79 Å². The van der Waals surface area contributed by atoms with Crippen LogP contribution in [0.2, 0.25) is 0 Å². The Morgan fingerprint density at radius 3 is 2.45 bits per heavy atom. The Morgan fingerprint density at radius 1 is 1.03 bits per heavy atom. The van der Waals surface area contributed by atoms with Gasteiger partial charge in [-0.05, 0) is 35.4 Å². The first-order valence-electron chi connectivity index (χ1n) is 10.3. The van der Waals surface area contributed by atoms with Crippen molar-refractivity contribution >= 4 is 29.0 Å². The molecular formula is C24H22N4OS2. The van der Waals surface area contributed by atoms with Crippen LogP contribution in [0.3, 0.4) is 0 Å². The molecule has 5 nitrogen and oxygen atoms in total. The number of nitrogens with one attached hydrogen (secondary N) is 1. The zero-order chi connectivity index (χ0) is 21.0. The Kier molecular flexibility index (Phi) is 5.86. The van der Waals surface area contributed by atoms with Crippen LogP contribution < -0.4 is 5.32 Å². The summed E-state index contributed by atoms with van der Waals surface area (Å²) in [6.45, 7) is 0.648. The molecule has 0 radical (unpaired) electrons. The maximum atomic E-state index is 13.1. The minimum absolute atomic E-state index is 0.0330. The van der Waals surface area contributed by atoms with Crippen molar-refractivity contribution in [2.24, 2.45) is 0 Å². The number of amides is 1. The summed E-state index contributed by atoms with van der Waals surface area (Å²) in [5, 5.41) is 14.6. The number of nitrogens with zero attached hydrogens (tertiary/aromatic N) is 3. The smallest absolute Gasteiger partial charge is 0.238 e. The molecule has 4 aromatic rings. The highest BCUT2D eigenvalue weighted by atomic mass is 32.2. The van der Waals surface area contributed by atoms with Gasteiger partial charge < -0.3 is 5.32 Å². The molecule has 31 heavy (non-hydrogen) atoms. The van der Waals surface area contributed by atoms with Crippen LogP contribution in [-0.4, -0.2) is 26.7 Å². The zero-order valence-corrected chi connectivity index (χ0v) is 18.5. The van der Waals surface area contributed by atoms with E-state index in [1.54, 1.807) is 11.3 Å². The predicted octanol–water partition coefficient (Wildman–Crippen LogP) is 5.17. The van der Waals surface area contributed by atoms with Crippen molar-refractivity contribution in [2.75, 3.05) is 0 Å². The van der Waals surface area contributed by atoms with E-state index in [4.69, 9.17) is 0 Å². The lowest BCUT2D eigenvalue weighted by Gasteiger charge is -2.17. The van der Waals surface area contributed by atoms with Crippen molar-refractivity contribution in [3.05, 3.63) is 89.3 Å². The third kappa shape index (κ3) is 4.73. The van der Waals surface area contributed by atoms with E-state index in [2.05, 4.69) is 38.3 Å². The van der Waals surface area contributed by atoms with E-state index < -0.39 is 0 Å². The van der Waals surface area contributed by atoms with E-state index in [0.29, 0.717) is 12.6 Å². The Balaban J connectivity index is 1.50. The normalized spacial score (nSPS) is 14.3. The van der Waals surface area contributed by atoms with E-state index in [9.17, 15) is 4.79 Å². The van der Waals surface area contributed by atoms with Gasteiger partial charge in [-0.15, -0.1) is 21.5 Å². The van der Waals surface area contributed by atoms with Crippen LogP contribution in [0, 0.1) is 0 Å². The number of rotatable bonds is 8. The lowest BCUT2D eigenvalue weighted by molar-refractivity contribution is -0.120. The van der Waals surface area contributed by atoms with Crippen LogP contribution in [0.4, 0.5) is 0 Å². The number of thioether (sulfide) groups is 1. The maximum absolute atomic E-state index is 13.1. The number of hydrogen-bond acceptors (Lipinski definition) is 5. The van der Waals surface area contributed by atoms with Gasteiger partial charge in [0.15, 0.2) is 11.0 Å². The lowest BCUT2D eigenvalue weighted by atomic mass is 10.1. The molecule has 0 saturated heterocycles. The van der Waals surface area contributed by atoms with Gasteiger partial charge in [0.1, 0.15) is 5.25 Å². The average molecular weight is 447 g/mol. The summed E-state index contributed by atoms with van der Waals surface area (Å²) in [4.78, 5) is 14.2. The third-order valence-corrected chi connectivity index (χ3v) is 7.23. The molecule has 7 heteroatoms. The second kappa shape index (κ2) is 9.08. The van der Waals surface area contributed by atoms with Crippen molar-refractivity contribution in [2.45, 2.75) is 35.8 Å². The van der Waals surface area contributed by atoms with Crippen LogP contribution in [0.1, 0.15) is 29.2 Å². The van der Waals surface area contributed by atoms with Crippen LogP contribution in [0.25, 0.3) is 10.7 Å². The van der Waals surface area contributed by atoms with Gasteiger partial charge in [0.2, 0.25) is 5.91 Å². The first kappa shape index (κ1) is 20.0. The highest BCUT2D eigenvalue weighted by Gasteiger charge is 2.30. The lowest BCUT2D eigenvalue weighted by Crippen LogP contribution is -2.30. The van der Waals surface area contributed by atoms with E-state index in [1.165, 1.54) is 17.3 Å². The maximum Gasteiger partial charge on any atom is 0.238 e. The molecule has 1 aliphatic carbocycles. The summed E-state index contributed by atoms with van der Waals surface area (Å²) in [6.07, 6.45) is 2.12. The van der Waals surface area contributed by atoms with Crippen molar-refractivity contribution in [1.29, 1.82) is 0 Å². The van der Waals surface area contributed by atoms with Gasteiger partial charge in [-0.25, -0.2) is 0 Å². The van der Waals surface area contributed by atoms with Crippen LogP contribution in [0.5, 0.6) is 0 Å². The minimum atomic E-state index is -0.378. The number of aromatic nitrogens is 3. The monoisotopic (exact) mass is 446 g/mol. The molecular weight excluding hydrogens is 424 g/mol. The number of hydrogen-bond donors (Lipinski definition) is 1. The van der Waals surface area contributed by atoms with Crippen molar-refractivity contribution in [3.8, 4) is 10.7 Å². The molecule has 1 fully saturated rings. The average Bonchev–Trinajstić information content (AvgIpc) is 3.29. The van der Waals surface area contributed by atoms with Gasteiger partial charge in [0, 0.05) is 6.04 Å². The molecule has 2 heterocycles. The summed E-state index contributed by atoms with van der Waals surface area (Å²) >= 11 is 3.11. The molecule has 1 unspecified atom stereocenters. The summed E-state index contributed by atoms with van der Waals surface area (Å²) < 4.78 is 2.12. The predicted molar refractivity (Wildman–Crippen MR) is 125 cm³/mol. The number of benzene rings is 2. The Morgan fingerprint density at radius 2 is 1.77 bits per heavy atom. The first-order chi connectivity index (χ1) is 15.3. The summed E-state index contributed by atoms with van der Waals surface area (Å²) in [7, 11) is 0. The summed E-state index contributed by atoms with van der Waals surface area (Å²) in [5.41, 5.74) is 2.14. The van der Waals surface area contributed by atoms with Gasteiger partial charge in [0.25, 0.3) is 0 Å². The second-order valence-corrected chi connectivity index (χ2v) is 9.57. The Labute approximate surface area is 189 Å². The highest BCUT2D eigenvalue weighted by Crippen LogP contribution is 2.37. The molecule has 1 amide bonds. The van der Waals surface area contributed by atoms with Crippen molar-refractivity contribution in [3.63, 3.8) is 0 Å². The van der Waals surface area contributed by atoms with Gasteiger partial charge in [-0.3, -0.25) is 9.36 Å². The van der Waals surface area contributed by atoms with E-state index in [1.807, 2.05) is 60.0 Å². The molecule has 5 rings (SSSR count). The topological polar surface area (TPSA) is 59.8 Å². The van der Waals surface area contributed by atoms with E-state index >= 15 is 0 Å². The van der Waals surface area contributed by atoms with Crippen LogP contribution in [0.15, 0.2) is 83.3 Å². The summed E-state index contributed by atoms with van der Waals surface area (Å²) in [5.74, 6) is 0.862. The molecule has 156 valence electrons. The third-order valence-electron chi connectivity index (χ3n) is 5.13. The quantitative estimate of drug-likeness (QED) is 0.380. The van der Waals surface area contributed by atoms with Crippen molar-refractivity contribution in [1.82, 2.24) is 20.1 Å². The fourth-order valence-electron chi connectivity index (χ4n) is 3.38. The SMILES string of the molecule is O=C(NC1CC1)C(Sc1nnc(-c2cccs2)n1Cc1ccccc1)c1ccccc1. The zero-order valence-electron chi connectivity index (χ0n) is 16.8. The molecule has 1 saturated carbocycles. The molecule has 2 aromatic heterocycles. The molecule has 2 aromatic carbocycles. The molecule has 1 aliphatic rings. The Hall–Kier alpha value is -2.90. The fraction of sp³-hybridized carbons (Fsp3) is 0.208. The van der Waals surface area contributed by atoms with Gasteiger partial charge in [-0.1, -0.05) is 78.5 Å². The minimum Gasteiger partial charge on any atom is -0.352 e. The second-order valence-electron chi connectivity index (χ2n) is 7.55. The number of carbonyl (C=O) groups excluding carboxylic acids is 1. The number of carbonyl (C=O) groups is 1. The Bertz CT molecular complexity index is 1140.